The summed E-state index contributed by atoms with van der Waals surface area (Å²) in [6, 6.07) is 12.1. The zero-order valence-electron chi connectivity index (χ0n) is 9.64. The molecule has 3 rings (SSSR count). The minimum atomic E-state index is 0.362. The average molecular weight is 356 g/mol. The third-order valence-corrected chi connectivity index (χ3v) is 4.43. The molecule has 96 valence electrons. The van der Waals surface area contributed by atoms with Crippen LogP contribution in [0.4, 0.5) is 0 Å². The Kier molecular flexibility index (Phi) is 3.68. The maximum atomic E-state index is 5.75. The number of fused-ring (bicyclic) bond motifs is 1. The predicted molar refractivity (Wildman–Crippen MR) is 80.9 cm³/mol. The first-order chi connectivity index (χ1) is 9.24. The second-order valence-electron chi connectivity index (χ2n) is 3.84. The van der Waals surface area contributed by atoms with Crippen molar-refractivity contribution < 1.29 is 4.74 Å². The van der Waals surface area contributed by atoms with Crippen molar-refractivity contribution in [2.45, 2.75) is 6.61 Å². The van der Waals surface area contributed by atoms with E-state index < -0.39 is 0 Å². The van der Waals surface area contributed by atoms with Crippen molar-refractivity contribution in [2.24, 2.45) is 0 Å². The summed E-state index contributed by atoms with van der Waals surface area (Å²) >= 11 is 10.6. The van der Waals surface area contributed by atoms with Gasteiger partial charge in [-0.2, -0.15) is 0 Å². The third-order valence-electron chi connectivity index (χ3n) is 2.62. The van der Waals surface area contributed by atoms with E-state index in [1.165, 1.54) is 16.7 Å². The standard InChI is InChI=1S/C13H8BrClN2OS/c14-12-9-4-2-1-3-8(9)5-6-10(12)18-7-11-16-17-13(15)19-11/h1-6H,7H2. The maximum absolute atomic E-state index is 5.75. The Morgan fingerprint density at radius 3 is 2.79 bits per heavy atom. The van der Waals surface area contributed by atoms with E-state index in [1.54, 1.807) is 0 Å². The van der Waals surface area contributed by atoms with Crippen LogP contribution in [-0.4, -0.2) is 10.2 Å². The highest BCUT2D eigenvalue weighted by molar-refractivity contribution is 9.10. The van der Waals surface area contributed by atoms with Crippen LogP contribution >= 0.6 is 38.9 Å². The van der Waals surface area contributed by atoms with Crippen molar-refractivity contribution >= 4 is 49.6 Å². The smallest absolute Gasteiger partial charge is 0.207 e. The first-order valence-electron chi connectivity index (χ1n) is 5.52. The number of benzene rings is 2. The van der Waals surface area contributed by atoms with Crippen LogP contribution in [0, 0.1) is 0 Å². The Bertz CT molecular complexity index is 731. The van der Waals surface area contributed by atoms with E-state index in [-0.39, 0.29) is 0 Å². The molecule has 0 saturated carbocycles. The van der Waals surface area contributed by atoms with Crippen LogP contribution in [0.25, 0.3) is 10.8 Å². The molecule has 0 spiro atoms. The summed E-state index contributed by atoms with van der Waals surface area (Å²) < 4.78 is 7.12. The topological polar surface area (TPSA) is 35.0 Å². The SMILES string of the molecule is Clc1nnc(COc2ccc3ccccc3c2Br)s1. The van der Waals surface area contributed by atoms with Crippen molar-refractivity contribution in [3.05, 3.63) is 50.3 Å². The first-order valence-corrected chi connectivity index (χ1v) is 7.51. The van der Waals surface area contributed by atoms with Crippen LogP contribution in [0.15, 0.2) is 40.9 Å². The molecule has 1 heterocycles. The van der Waals surface area contributed by atoms with Gasteiger partial charge in [0.25, 0.3) is 0 Å². The third kappa shape index (κ3) is 2.73. The van der Waals surface area contributed by atoms with Crippen LogP contribution in [0.5, 0.6) is 5.75 Å². The molecule has 1 aromatic heterocycles. The number of nitrogens with zero attached hydrogens (tertiary/aromatic N) is 2. The lowest BCUT2D eigenvalue weighted by atomic mass is 10.1. The van der Waals surface area contributed by atoms with E-state index in [9.17, 15) is 0 Å². The van der Waals surface area contributed by atoms with Gasteiger partial charge >= 0.3 is 0 Å². The molecule has 0 saturated heterocycles. The molecular formula is C13H8BrClN2OS. The minimum absolute atomic E-state index is 0.362. The molecule has 2 aromatic carbocycles. The van der Waals surface area contributed by atoms with Gasteiger partial charge in [-0.15, -0.1) is 10.2 Å². The Hall–Kier alpha value is -1.17. The molecule has 0 N–H and O–H groups in total. The van der Waals surface area contributed by atoms with Gasteiger partial charge < -0.3 is 4.74 Å². The lowest BCUT2D eigenvalue weighted by Gasteiger charge is -2.08. The highest BCUT2D eigenvalue weighted by Crippen LogP contribution is 2.33. The molecule has 0 fully saturated rings. The molecule has 19 heavy (non-hydrogen) atoms. The first kappa shape index (κ1) is 12.8. The number of rotatable bonds is 3. The summed E-state index contributed by atoms with van der Waals surface area (Å²) in [4.78, 5) is 0. The molecule has 3 aromatic rings. The monoisotopic (exact) mass is 354 g/mol. The molecule has 0 aliphatic rings. The number of halogens is 2. The van der Waals surface area contributed by atoms with Gasteiger partial charge in [0, 0.05) is 0 Å². The van der Waals surface area contributed by atoms with Crippen molar-refractivity contribution in [1.82, 2.24) is 10.2 Å². The Morgan fingerprint density at radius 1 is 1.16 bits per heavy atom. The maximum Gasteiger partial charge on any atom is 0.207 e. The van der Waals surface area contributed by atoms with Gasteiger partial charge in [-0.3, -0.25) is 0 Å². The molecule has 0 bridgehead atoms. The van der Waals surface area contributed by atoms with Crippen molar-refractivity contribution in [3.8, 4) is 5.75 Å². The molecule has 3 nitrogen and oxygen atoms in total. The molecule has 0 unspecified atom stereocenters. The average Bonchev–Trinajstić information content (AvgIpc) is 2.84. The van der Waals surface area contributed by atoms with Gasteiger partial charge in [0.05, 0.1) is 4.47 Å². The van der Waals surface area contributed by atoms with Gasteiger partial charge in [-0.1, -0.05) is 41.7 Å². The molecule has 0 radical (unpaired) electrons. The van der Waals surface area contributed by atoms with E-state index in [4.69, 9.17) is 16.3 Å². The largest absolute Gasteiger partial charge is 0.485 e. The van der Waals surface area contributed by atoms with Gasteiger partial charge in [-0.05, 0) is 44.4 Å². The van der Waals surface area contributed by atoms with E-state index in [0.29, 0.717) is 11.1 Å². The number of hydrogen-bond donors (Lipinski definition) is 0. The molecule has 0 amide bonds. The van der Waals surface area contributed by atoms with E-state index in [2.05, 4.69) is 32.2 Å². The quantitative estimate of drug-likeness (QED) is 0.684. The van der Waals surface area contributed by atoms with Crippen LogP contribution in [-0.2, 0) is 6.61 Å². The lowest BCUT2D eigenvalue weighted by molar-refractivity contribution is 0.303. The summed E-state index contributed by atoms with van der Waals surface area (Å²) in [6.07, 6.45) is 0. The van der Waals surface area contributed by atoms with E-state index in [0.717, 1.165) is 20.6 Å². The number of hydrogen-bond acceptors (Lipinski definition) is 4. The molecular weight excluding hydrogens is 348 g/mol. The fourth-order valence-corrected chi connectivity index (χ4v) is 3.14. The zero-order chi connectivity index (χ0) is 13.2. The molecule has 0 aliphatic heterocycles. The van der Waals surface area contributed by atoms with Crippen molar-refractivity contribution in [2.75, 3.05) is 0 Å². The number of aromatic nitrogens is 2. The summed E-state index contributed by atoms with van der Waals surface area (Å²) in [5.41, 5.74) is 0. The fraction of sp³-hybridized carbons (Fsp3) is 0.0769. The second-order valence-corrected chi connectivity index (χ2v) is 6.27. The van der Waals surface area contributed by atoms with Crippen LogP contribution in [0.1, 0.15) is 5.01 Å². The highest BCUT2D eigenvalue weighted by atomic mass is 79.9. The molecule has 6 heteroatoms. The fourth-order valence-electron chi connectivity index (χ4n) is 1.76. The van der Waals surface area contributed by atoms with Crippen molar-refractivity contribution in [3.63, 3.8) is 0 Å². The number of ether oxygens (including phenoxy) is 1. The summed E-state index contributed by atoms with van der Waals surface area (Å²) in [6.45, 7) is 0.362. The Balaban J connectivity index is 1.87. The second kappa shape index (κ2) is 5.45. The van der Waals surface area contributed by atoms with Crippen LogP contribution in [0.3, 0.4) is 0 Å². The highest BCUT2D eigenvalue weighted by Gasteiger charge is 2.08. The normalized spacial score (nSPS) is 10.8. The lowest BCUT2D eigenvalue weighted by Crippen LogP contribution is -1.95. The zero-order valence-corrected chi connectivity index (χ0v) is 12.8. The van der Waals surface area contributed by atoms with Crippen molar-refractivity contribution in [1.29, 1.82) is 0 Å². The van der Waals surface area contributed by atoms with Gasteiger partial charge in [-0.25, -0.2) is 0 Å². The Morgan fingerprint density at radius 2 is 2.00 bits per heavy atom. The van der Waals surface area contributed by atoms with E-state index in [1.807, 2.05) is 30.3 Å². The summed E-state index contributed by atoms with van der Waals surface area (Å²) in [7, 11) is 0. The molecule has 0 atom stereocenters. The summed E-state index contributed by atoms with van der Waals surface area (Å²) in [5.74, 6) is 0.782. The minimum Gasteiger partial charge on any atom is -0.485 e. The Labute approximate surface area is 127 Å². The molecule has 0 aliphatic carbocycles. The van der Waals surface area contributed by atoms with Gasteiger partial charge in [0.1, 0.15) is 12.4 Å². The van der Waals surface area contributed by atoms with Gasteiger partial charge in [0.2, 0.25) is 4.47 Å². The van der Waals surface area contributed by atoms with E-state index >= 15 is 0 Å². The van der Waals surface area contributed by atoms with Crippen LogP contribution in [0.2, 0.25) is 4.47 Å². The predicted octanol–water partition coefficient (Wildman–Crippen LogP) is 4.69. The van der Waals surface area contributed by atoms with Crippen LogP contribution < -0.4 is 4.74 Å². The summed E-state index contributed by atoms with van der Waals surface area (Å²) in [5, 5.41) is 10.7. The van der Waals surface area contributed by atoms with Gasteiger partial charge in [0.15, 0.2) is 5.01 Å².